The van der Waals surface area contributed by atoms with Crippen LogP contribution in [0, 0.1) is 0 Å². The summed E-state index contributed by atoms with van der Waals surface area (Å²) in [6, 6.07) is 6.69. The second kappa shape index (κ2) is 7.29. The highest BCUT2D eigenvalue weighted by Crippen LogP contribution is 2.11. The minimum absolute atomic E-state index is 0.0730. The normalized spacial score (nSPS) is 12.1. The number of aromatic hydroxyl groups is 1. The van der Waals surface area contributed by atoms with E-state index in [0.717, 1.165) is 5.56 Å². The molecule has 2 N–H and O–H groups in total. The number of alkyl halides is 1. The monoisotopic (exact) mass is 301 g/mol. The van der Waals surface area contributed by atoms with Crippen molar-refractivity contribution >= 4 is 21.8 Å². The van der Waals surface area contributed by atoms with Crippen molar-refractivity contribution in [1.29, 1.82) is 0 Å². The van der Waals surface area contributed by atoms with Gasteiger partial charge in [-0.3, -0.25) is 4.79 Å². The molecule has 0 radical (unpaired) electrons. The Bertz CT molecular complexity index is 371. The topological polar surface area (TPSA) is 58.6 Å². The Morgan fingerprint density at radius 3 is 3.00 bits per heavy atom. The molecule has 0 bridgehead atoms. The van der Waals surface area contributed by atoms with E-state index in [-0.39, 0.29) is 22.9 Å². The maximum atomic E-state index is 11.6. The maximum absolute atomic E-state index is 11.6. The second-order valence-corrected chi connectivity index (χ2v) is 5.00. The first kappa shape index (κ1) is 14.0. The Hall–Kier alpha value is -1.07. The molecule has 4 nitrogen and oxygen atoms in total. The summed E-state index contributed by atoms with van der Waals surface area (Å²) in [6.45, 7) is 1.07. The van der Waals surface area contributed by atoms with Crippen molar-refractivity contribution in [3.63, 3.8) is 0 Å². The second-order valence-electron chi connectivity index (χ2n) is 3.70. The van der Waals surface area contributed by atoms with E-state index >= 15 is 0 Å². The lowest BCUT2D eigenvalue weighted by Crippen LogP contribution is -2.32. The molecule has 0 saturated carbocycles. The molecule has 0 aromatic heterocycles. The summed E-state index contributed by atoms with van der Waals surface area (Å²) in [6.07, 6.45) is 0.265. The minimum atomic E-state index is -0.0730. The summed E-state index contributed by atoms with van der Waals surface area (Å²) in [5.41, 5.74) is 0.792. The SMILES string of the molecule is COCC(Br)CNC(=O)Cc1cccc(O)c1. The van der Waals surface area contributed by atoms with E-state index in [2.05, 4.69) is 21.2 Å². The largest absolute Gasteiger partial charge is 0.508 e. The first-order chi connectivity index (χ1) is 8.11. The molecular weight excluding hydrogens is 286 g/mol. The van der Waals surface area contributed by atoms with Crippen LogP contribution in [0.15, 0.2) is 24.3 Å². The van der Waals surface area contributed by atoms with Crippen LogP contribution in [-0.2, 0) is 16.0 Å². The van der Waals surface area contributed by atoms with E-state index in [0.29, 0.717) is 13.2 Å². The van der Waals surface area contributed by atoms with Gasteiger partial charge in [0.05, 0.1) is 17.9 Å². The van der Waals surface area contributed by atoms with Crippen molar-refractivity contribution in [2.45, 2.75) is 11.2 Å². The third-order valence-corrected chi connectivity index (χ3v) is 2.73. The van der Waals surface area contributed by atoms with E-state index < -0.39 is 0 Å². The van der Waals surface area contributed by atoms with Crippen molar-refractivity contribution in [3.05, 3.63) is 29.8 Å². The summed E-state index contributed by atoms with van der Waals surface area (Å²) >= 11 is 3.38. The third kappa shape index (κ3) is 5.70. The molecule has 1 rings (SSSR count). The van der Waals surface area contributed by atoms with E-state index in [1.54, 1.807) is 31.4 Å². The van der Waals surface area contributed by atoms with Gasteiger partial charge >= 0.3 is 0 Å². The molecule has 17 heavy (non-hydrogen) atoms. The van der Waals surface area contributed by atoms with Gasteiger partial charge in [0.15, 0.2) is 0 Å². The Labute approximate surface area is 109 Å². The average Bonchev–Trinajstić information content (AvgIpc) is 2.27. The lowest BCUT2D eigenvalue weighted by Gasteiger charge is -2.10. The van der Waals surface area contributed by atoms with Crippen molar-refractivity contribution < 1.29 is 14.6 Å². The molecule has 5 heteroatoms. The van der Waals surface area contributed by atoms with Crippen molar-refractivity contribution in [2.75, 3.05) is 20.3 Å². The molecule has 1 atom stereocenters. The van der Waals surface area contributed by atoms with Gasteiger partial charge in [-0.1, -0.05) is 28.1 Å². The molecular formula is C12H16BrNO3. The maximum Gasteiger partial charge on any atom is 0.224 e. The smallest absolute Gasteiger partial charge is 0.224 e. The fraction of sp³-hybridized carbons (Fsp3) is 0.417. The fourth-order valence-corrected chi connectivity index (χ4v) is 1.80. The van der Waals surface area contributed by atoms with Gasteiger partial charge in [0.2, 0.25) is 5.91 Å². The highest BCUT2D eigenvalue weighted by Gasteiger charge is 2.07. The van der Waals surface area contributed by atoms with Crippen LogP contribution < -0.4 is 5.32 Å². The number of benzene rings is 1. The summed E-state index contributed by atoms with van der Waals surface area (Å²) in [5, 5.41) is 12.0. The highest BCUT2D eigenvalue weighted by molar-refractivity contribution is 9.09. The van der Waals surface area contributed by atoms with Crippen LogP contribution in [0.3, 0.4) is 0 Å². The van der Waals surface area contributed by atoms with Gasteiger partial charge in [0.1, 0.15) is 5.75 Å². The Balaban J connectivity index is 2.34. The summed E-state index contributed by atoms with van der Waals surface area (Å²) in [4.78, 5) is 11.7. The lowest BCUT2D eigenvalue weighted by atomic mass is 10.1. The number of phenols is 1. The van der Waals surface area contributed by atoms with Gasteiger partial charge in [-0.05, 0) is 17.7 Å². The fourth-order valence-electron chi connectivity index (χ4n) is 1.38. The van der Waals surface area contributed by atoms with Crippen molar-refractivity contribution in [2.24, 2.45) is 0 Å². The molecule has 1 unspecified atom stereocenters. The van der Waals surface area contributed by atoms with E-state index in [4.69, 9.17) is 4.74 Å². The van der Waals surface area contributed by atoms with Gasteiger partial charge in [-0.2, -0.15) is 0 Å². The molecule has 1 amide bonds. The molecule has 1 aromatic rings. The van der Waals surface area contributed by atoms with Crippen molar-refractivity contribution in [3.8, 4) is 5.75 Å². The molecule has 0 fully saturated rings. The van der Waals surface area contributed by atoms with Crippen LogP contribution in [0.2, 0.25) is 0 Å². The van der Waals surface area contributed by atoms with Crippen LogP contribution in [0.4, 0.5) is 0 Å². The lowest BCUT2D eigenvalue weighted by molar-refractivity contribution is -0.120. The summed E-state index contributed by atoms with van der Waals surface area (Å²) in [5.74, 6) is 0.101. The molecule has 0 heterocycles. The highest BCUT2D eigenvalue weighted by atomic mass is 79.9. The Kier molecular flexibility index (Phi) is 6.00. The van der Waals surface area contributed by atoms with Crippen LogP contribution in [0.5, 0.6) is 5.75 Å². The number of hydrogen-bond acceptors (Lipinski definition) is 3. The van der Waals surface area contributed by atoms with Gasteiger partial charge in [-0.15, -0.1) is 0 Å². The van der Waals surface area contributed by atoms with Gasteiger partial charge in [-0.25, -0.2) is 0 Å². The predicted molar refractivity (Wildman–Crippen MR) is 69.4 cm³/mol. The number of phenolic OH excluding ortho intramolecular Hbond substituents is 1. The number of carbonyl (C=O) groups excluding carboxylic acids is 1. The zero-order valence-corrected chi connectivity index (χ0v) is 11.2. The minimum Gasteiger partial charge on any atom is -0.508 e. The van der Waals surface area contributed by atoms with Crippen molar-refractivity contribution in [1.82, 2.24) is 5.32 Å². The molecule has 94 valence electrons. The predicted octanol–water partition coefficient (Wildman–Crippen LogP) is 1.46. The Morgan fingerprint density at radius 1 is 1.59 bits per heavy atom. The molecule has 1 aromatic carbocycles. The number of amides is 1. The number of halogens is 1. The molecule has 0 aliphatic heterocycles. The number of methoxy groups -OCH3 is 1. The standard InChI is InChI=1S/C12H16BrNO3/c1-17-8-10(13)7-14-12(16)6-9-3-2-4-11(15)5-9/h2-5,10,15H,6-8H2,1H3,(H,14,16). The first-order valence-electron chi connectivity index (χ1n) is 5.29. The quantitative estimate of drug-likeness (QED) is 0.782. The zero-order valence-electron chi connectivity index (χ0n) is 9.65. The van der Waals surface area contributed by atoms with Gasteiger partial charge in [0.25, 0.3) is 0 Å². The molecule has 0 aliphatic rings. The van der Waals surface area contributed by atoms with E-state index in [1.807, 2.05) is 0 Å². The number of ether oxygens (including phenoxy) is 1. The Morgan fingerprint density at radius 2 is 2.35 bits per heavy atom. The zero-order chi connectivity index (χ0) is 12.7. The molecule has 0 aliphatic carbocycles. The summed E-state index contributed by atoms with van der Waals surface area (Å²) < 4.78 is 4.94. The molecule has 0 spiro atoms. The number of carbonyl (C=O) groups is 1. The van der Waals surface area contributed by atoms with Crippen LogP contribution in [-0.4, -0.2) is 36.1 Å². The number of hydrogen-bond donors (Lipinski definition) is 2. The number of rotatable bonds is 6. The van der Waals surface area contributed by atoms with Gasteiger partial charge < -0.3 is 15.2 Å². The van der Waals surface area contributed by atoms with Crippen LogP contribution >= 0.6 is 15.9 Å². The summed E-state index contributed by atoms with van der Waals surface area (Å²) in [7, 11) is 1.61. The average molecular weight is 302 g/mol. The molecule has 0 saturated heterocycles. The third-order valence-electron chi connectivity index (χ3n) is 2.14. The van der Waals surface area contributed by atoms with Gasteiger partial charge in [0, 0.05) is 13.7 Å². The number of nitrogens with one attached hydrogen (secondary N) is 1. The van der Waals surface area contributed by atoms with E-state index in [9.17, 15) is 9.90 Å². The van der Waals surface area contributed by atoms with E-state index in [1.165, 1.54) is 0 Å². The van der Waals surface area contributed by atoms with Crippen LogP contribution in [0.1, 0.15) is 5.56 Å². The first-order valence-corrected chi connectivity index (χ1v) is 6.21. The van der Waals surface area contributed by atoms with Crippen LogP contribution in [0.25, 0.3) is 0 Å².